The van der Waals surface area contributed by atoms with Crippen LogP contribution in [0.15, 0.2) is 199 Å². The zero-order valence-corrected chi connectivity index (χ0v) is 30.8. The summed E-state index contributed by atoms with van der Waals surface area (Å²) in [5.41, 5.74) is 19.0. The van der Waals surface area contributed by atoms with Gasteiger partial charge in [-0.25, -0.2) is 0 Å². The predicted octanol–water partition coefficient (Wildman–Crippen LogP) is 13.1. The highest BCUT2D eigenvalue weighted by molar-refractivity contribution is 5.98. The van der Waals surface area contributed by atoms with E-state index in [2.05, 4.69) is 212 Å². The quantitative estimate of drug-likeness (QED) is 0.171. The molecule has 0 saturated carbocycles. The molecule has 0 aliphatic heterocycles. The van der Waals surface area contributed by atoms with Crippen LogP contribution in [0.3, 0.4) is 0 Å². The molecular weight excluding hydrogens is 653 g/mol. The molecule has 0 saturated heterocycles. The van der Waals surface area contributed by atoms with Crippen LogP contribution in [0.25, 0.3) is 16.7 Å². The summed E-state index contributed by atoms with van der Waals surface area (Å²) in [7, 11) is 0. The number of aryl methyl sites for hydroxylation is 2. The molecule has 6 aromatic rings. The van der Waals surface area contributed by atoms with Crippen molar-refractivity contribution in [2.75, 3.05) is 9.80 Å². The molecule has 0 heterocycles. The highest BCUT2D eigenvalue weighted by atomic mass is 15.2. The second-order valence-electron chi connectivity index (χ2n) is 15.0. The van der Waals surface area contributed by atoms with Gasteiger partial charge in [0, 0.05) is 28.4 Å². The summed E-state index contributed by atoms with van der Waals surface area (Å²) in [5.74, 6) is 0. The lowest BCUT2D eigenvalue weighted by atomic mass is 9.67. The van der Waals surface area contributed by atoms with Crippen molar-refractivity contribution in [2.24, 2.45) is 0 Å². The number of fused-ring (bicyclic) bond motifs is 9. The standard InChI is InChI=1S/C52H42N2/c1-36-16-14-22-40(32-36)53(38-18-6-3-4-7-19-38)42-28-30-46-47-31-29-43(54(39-20-8-5-9-21-39)41-23-15-17-37(2)33-41)35-51(47)52(50(46)34-42)48-26-12-10-24-44(48)45-25-11-13-27-49(45)52/h3-6,8-34,43H,7,35H2,1-2H3. The van der Waals surface area contributed by atoms with E-state index in [1.54, 1.807) is 0 Å². The van der Waals surface area contributed by atoms with E-state index in [1.165, 1.54) is 84.1 Å². The lowest BCUT2D eigenvalue weighted by Gasteiger charge is -2.39. The number of para-hydroxylation sites is 1. The highest BCUT2D eigenvalue weighted by Gasteiger charge is 2.53. The normalized spacial score (nSPS) is 17.1. The SMILES string of the molecule is Cc1cccc(N(C2=CCC=CC=C2)c2ccc3c(c2)C2(C4=C3C=CC(N(c3ccccc3)c3cccc(C)c3)C4)c3ccccc3-c3ccccc32)c1. The van der Waals surface area contributed by atoms with Gasteiger partial charge >= 0.3 is 0 Å². The molecule has 0 aromatic heterocycles. The van der Waals surface area contributed by atoms with Crippen LogP contribution < -0.4 is 9.80 Å². The predicted molar refractivity (Wildman–Crippen MR) is 227 cm³/mol. The van der Waals surface area contributed by atoms with Gasteiger partial charge in [0.25, 0.3) is 0 Å². The van der Waals surface area contributed by atoms with Gasteiger partial charge in [-0.15, -0.1) is 0 Å². The van der Waals surface area contributed by atoms with Crippen molar-refractivity contribution in [2.45, 2.75) is 38.1 Å². The summed E-state index contributed by atoms with van der Waals surface area (Å²) in [5, 5.41) is 0. The Balaban J connectivity index is 1.20. The van der Waals surface area contributed by atoms with E-state index in [-0.39, 0.29) is 6.04 Å². The van der Waals surface area contributed by atoms with Crippen molar-refractivity contribution in [1.29, 1.82) is 0 Å². The Bertz CT molecular complexity index is 2550. The summed E-state index contributed by atoms with van der Waals surface area (Å²) in [6.07, 6.45) is 17.8. The van der Waals surface area contributed by atoms with E-state index >= 15 is 0 Å². The van der Waals surface area contributed by atoms with Gasteiger partial charge in [-0.2, -0.15) is 0 Å². The molecule has 0 fully saturated rings. The van der Waals surface area contributed by atoms with Crippen molar-refractivity contribution < 1.29 is 0 Å². The molecule has 0 bridgehead atoms. The molecule has 0 amide bonds. The van der Waals surface area contributed by atoms with Gasteiger partial charge in [0.2, 0.25) is 0 Å². The lowest BCUT2D eigenvalue weighted by Crippen LogP contribution is -2.36. The fourth-order valence-corrected chi connectivity index (χ4v) is 9.56. The largest absolute Gasteiger partial charge is 0.334 e. The molecule has 260 valence electrons. The number of hydrogen-bond donors (Lipinski definition) is 0. The van der Waals surface area contributed by atoms with E-state index in [1.807, 2.05) is 0 Å². The van der Waals surface area contributed by atoms with Gasteiger partial charge in [-0.1, -0.05) is 134 Å². The van der Waals surface area contributed by atoms with Crippen LogP contribution in [0, 0.1) is 13.8 Å². The van der Waals surface area contributed by atoms with Gasteiger partial charge in [-0.05, 0) is 137 Å². The van der Waals surface area contributed by atoms with Gasteiger partial charge < -0.3 is 9.80 Å². The van der Waals surface area contributed by atoms with Crippen LogP contribution >= 0.6 is 0 Å². The van der Waals surface area contributed by atoms with E-state index in [0.29, 0.717) is 0 Å². The van der Waals surface area contributed by atoms with Gasteiger partial charge in [0.1, 0.15) is 0 Å². The van der Waals surface area contributed by atoms with Crippen molar-refractivity contribution in [3.05, 3.63) is 233 Å². The van der Waals surface area contributed by atoms with Crippen LogP contribution in [0.5, 0.6) is 0 Å². The summed E-state index contributed by atoms with van der Waals surface area (Å²) in [4.78, 5) is 4.99. The van der Waals surface area contributed by atoms with E-state index < -0.39 is 5.41 Å². The Morgan fingerprint density at radius 1 is 0.537 bits per heavy atom. The molecule has 1 unspecified atom stereocenters. The van der Waals surface area contributed by atoms with Crippen molar-refractivity contribution in [1.82, 2.24) is 0 Å². The molecule has 4 aliphatic rings. The maximum atomic E-state index is 2.54. The molecule has 4 aliphatic carbocycles. The number of allylic oxidation sites excluding steroid dienone is 7. The minimum Gasteiger partial charge on any atom is -0.334 e. The maximum Gasteiger partial charge on any atom is 0.0690 e. The molecule has 1 spiro atoms. The Labute approximate surface area is 319 Å². The molecule has 1 atom stereocenters. The molecule has 54 heavy (non-hydrogen) atoms. The highest BCUT2D eigenvalue weighted by Crippen LogP contribution is 2.64. The van der Waals surface area contributed by atoms with Crippen molar-refractivity contribution in [3.63, 3.8) is 0 Å². The second kappa shape index (κ2) is 12.9. The Morgan fingerprint density at radius 3 is 1.93 bits per heavy atom. The first kappa shape index (κ1) is 32.3. The zero-order chi connectivity index (χ0) is 36.2. The fraction of sp³-hybridized carbons (Fsp3) is 0.115. The number of benzene rings is 6. The van der Waals surface area contributed by atoms with E-state index in [4.69, 9.17) is 0 Å². The van der Waals surface area contributed by atoms with Crippen LogP contribution in [-0.4, -0.2) is 6.04 Å². The third kappa shape index (κ3) is 5.01. The van der Waals surface area contributed by atoms with Crippen molar-refractivity contribution in [3.8, 4) is 11.1 Å². The summed E-state index contributed by atoms with van der Waals surface area (Å²) in [6.45, 7) is 4.37. The summed E-state index contributed by atoms with van der Waals surface area (Å²) >= 11 is 0. The van der Waals surface area contributed by atoms with E-state index in [9.17, 15) is 0 Å². The summed E-state index contributed by atoms with van der Waals surface area (Å²) < 4.78 is 0. The average Bonchev–Trinajstić information content (AvgIpc) is 3.49. The van der Waals surface area contributed by atoms with Gasteiger partial charge in [0.05, 0.1) is 11.5 Å². The second-order valence-corrected chi connectivity index (χ2v) is 15.0. The van der Waals surface area contributed by atoms with Crippen LogP contribution in [0.4, 0.5) is 22.7 Å². The molecule has 10 rings (SSSR count). The van der Waals surface area contributed by atoms with Crippen LogP contribution in [0.2, 0.25) is 0 Å². The average molecular weight is 695 g/mol. The molecule has 2 nitrogen and oxygen atoms in total. The number of nitrogens with zero attached hydrogens (tertiary/aromatic N) is 2. The molecule has 6 aromatic carbocycles. The maximum absolute atomic E-state index is 2.54. The minimum atomic E-state index is -0.431. The molecular formula is C52H42N2. The van der Waals surface area contributed by atoms with Crippen molar-refractivity contribution >= 4 is 28.3 Å². The minimum absolute atomic E-state index is 0.121. The summed E-state index contributed by atoms with van der Waals surface area (Å²) in [6, 6.07) is 54.5. The number of hydrogen-bond acceptors (Lipinski definition) is 2. The third-order valence-corrected chi connectivity index (χ3v) is 11.7. The molecule has 2 heteroatoms. The number of rotatable bonds is 6. The Hall–Kier alpha value is -6.38. The van der Waals surface area contributed by atoms with E-state index in [0.717, 1.165) is 12.8 Å². The van der Waals surface area contributed by atoms with Gasteiger partial charge in [-0.3, -0.25) is 0 Å². The topological polar surface area (TPSA) is 6.48 Å². The Morgan fingerprint density at radius 2 is 1.19 bits per heavy atom. The Kier molecular flexibility index (Phi) is 7.73. The first-order chi connectivity index (χ1) is 26.6. The third-order valence-electron chi connectivity index (χ3n) is 11.7. The lowest BCUT2D eigenvalue weighted by molar-refractivity contribution is 0.663. The smallest absolute Gasteiger partial charge is 0.0690 e. The molecule has 0 N–H and O–H groups in total. The number of anilines is 4. The molecule has 0 radical (unpaired) electrons. The first-order valence-electron chi connectivity index (χ1n) is 19.2. The first-order valence-corrected chi connectivity index (χ1v) is 19.2. The monoisotopic (exact) mass is 694 g/mol. The van der Waals surface area contributed by atoms with Crippen LogP contribution in [0.1, 0.15) is 46.2 Å². The van der Waals surface area contributed by atoms with Crippen LogP contribution in [-0.2, 0) is 5.41 Å². The fourth-order valence-electron chi connectivity index (χ4n) is 9.56. The van der Waals surface area contributed by atoms with Gasteiger partial charge in [0.15, 0.2) is 0 Å². The zero-order valence-electron chi connectivity index (χ0n) is 30.8.